The molecule has 0 fully saturated rings. The maximum absolute atomic E-state index is 12.3. The summed E-state index contributed by atoms with van der Waals surface area (Å²) in [6.45, 7) is 1.94. The van der Waals surface area contributed by atoms with Gasteiger partial charge in [-0.15, -0.1) is 11.3 Å². The zero-order valence-electron chi connectivity index (χ0n) is 12.1. The van der Waals surface area contributed by atoms with Gasteiger partial charge in [-0.05, 0) is 42.8 Å². The molecule has 0 atom stereocenters. The van der Waals surface area contributed by atoms with E-state index < -0.39 is 5.97 Å². The lowest BCUT2D eigenvalue weighted by Gasteiger charge is -2.03. The normalized spacial score (nSPS) is 10.7. The number of thiophene rings is 1. The number of fused-ring (bicyclic) bond motifs is 1. The Morgan fingerprint density at radius 2 is 1.95 bits per heavy atom. The van der Waals surface area contributed by atoms with Crippen molar-refractivity contribution in [1.82, 2.24) is 0 Å². The van der Waals surface area contributed by atoms with Crippen molar-refractivity contribution < 1.29 is 14.3 Å². The van der Waals surface area contributed by atoms with Crippen LogP contribution < -0.4 is 9.47 Å². The molecule has 0 spiro atoms. The second kappa shape index (κ2) is 5.99. The van der Waals surface area contributed by atoms with Crippen molar-refractivity contribution >= 4 is 39.0 Å². The molecule has 5 heteroatoms. The Morgan fingerprint density at radius 3 is 2.68 bits per heavy atom. The van der Waals surface area contributed by atoms with E-state index in [1.54, 1.807) is 13.2 Å². The molecule has 0 bridgehead atoms. The summed E-state index contributed by atoms with van der Waals surface area (Å²) < 4.78 is 11.5. The quantitative estimate of drug-likeness (QED) is 0.495. The molecule has 0 unspecified atom stereocenters. The lowest BCUT2D eigenvalue weighted by molar-refractivity contribution is 0.0740. The van der Waals surface area contributed by atoms with Crippen molar-refractivity contribution in [3.8, 4) is 11.5 Å². The lowest BCUT2D eigenvalue weighted by atomic mass is 10.2. The molecule has 0 aliphatic carbocycles. The van der Waals surface area contributed by atoms with Gasteiger partial charge >= 0.3 is 5.97 Å². The first-order valence-electron chi connectivity index (χ1n) is 6.63. The molecule has 1 heterocycles. The summed E-state index contributed by atoms with van der Waals surface area (Å²) in [5, 5.41) is 1.19. The van der Waals surface area contributed by atoms with Gasteiger partial charge in [0.05, 0.1) is 12.1 Å². The molecule has 0 amide bonds. The lowest BCUT2D eigenvalue weighted by Crippen LogP contribution is -2.06. The molecule has 3 rings (SSSR count). The molecule has 0 saturated heterocycles. The van der Waals surface area contributed by atoms with Crippen molar-refractivity contribution in [3.05, 3.63) is 57.9 Å². The van der Waals surface area contributed by atoms with Crippen LogP contribution in [0.3, 0.4) is 0 Å². The maximum atomic E-state index is 12.3. The smallest absolute Gasteiger partial charge is 0.355 e. The van der Waals surface area contributed by atoms with Gasteiger partial charge in [-0.2, -0.15) is 0 Å². The van der Waals surface area contributed by atoms with Gasteiger partial charge in [0.2, 0.25) is 0 Å². The minimum absolute atomic E-state index is 0.395. The molecule has 0 aliphatic heterocycles. The SMILES string of the molecule is COc1ccc2sc(C(=O)Oc3cccc(C)c3)c(Cl)c2c1. The Labute approximate surface area is 137 Å². The van der Waals surface area contributed by atoms with Gasteiger partial charge in [0.25, 0.3) is 0 Å². The molecule has 0 aliphatic rings. The molecule has 22 heavy (non-hydrogen) atoms. The summed E-state index contributed by atoms with van der Waals surface area (Å²) in [5.74, 6) is 0.762. The van der Waals surface area contributed by atoms with Gasteiger partial charge in [-0.3, -0.25) is 0 Å². The molecule has 2 aromatic carbocycles. The Hall–Kier alpha value is -2.04. The largest absolute Gasteiger partial charge is 0.497 e. The van der Waals surface area contributed by atoms with Crippen molar-refractivity contribution in [2.75, 3.05) is 7.11 Å². The summed E-state index contributed by atoms with van der Waals surface area (Å²) in [5.41, 5.74) is 1.03. The van der Waals surface area contributed by atoms with Crippen molar-refractivity contribution in [2.45, 2.75) is 6.92 Å². The molecule has 1 aromatic heterocycles. The maximum Gasteiger partial charge on any atom is 0.355 e. The van der Waals surface area contributed by atoms with Crippen LogP contribution in [0.4, 0.5) is 0 Å². The highest BCUT2D eigenvalue weighted by Gasteiger charge is 2.19. The van der Waals surface area contributed by atoms with Gasteiger partial charge in [-0.1, -0.05) is 23.7 Å². The number of ether oxygens (including phenoxy) is 2. The Morgan fingerprint density at radius 1 is 1.14 bits per heavy atom. The van der Waals surface area contributed by atoms with E-state index in [1.165, 1.54) is 11.3 Å². The fraction of sp³-hybridized carbons (Fsp3) is 0.118. The standard InChI is InChI=1S/C17H13ClO3S/c1-10-4-3-5-12(8-10)21-17(19)16-15(18)13-9-11(20-2)6-7-14(13)22-16/h3-9H,1-2H3. The average Bonchev–Trinajstić information content (AvgIpc) is 2.84. The van der Waals surface area contributed by atoms with Crippen molar-refractivity contribution in [3.63, 3.8) is 0 Å². The van der Waals surface area contributed by atoms with Crippen LogP contribution in [0.1, 0.15) is 15.2 Å². The monoisotopic (exact) mass is 332 g/mol. The number of benzene rings is 2. The number of hydrogen-bond donors (Lipinski definition) is 0. The molecule has 3 nitrogen and oxygen atoms in total. The summed E-state index contributed by atoms with van der Waals surface area (Å²) in [6, 6.07) is 12.9. The fourth-order valence-corrected chi connectivity index (χ4v) is 3.49. The van der Waals surface area contributed by atoms with Gasteiger partial charge in [0, 0.05) is 10.1 Å². The second-order valence-electron chi connectivity index (χ2n) is 4.81. The number of methoxy groups -OCH3 is 1. The predicted molar refractivity (Wildman–Crippen MR) is 89.5 cm³/mol. The first-order valence-corrected chi connectivity index (χ1v) is 7.83. The second-order valence-corrected chi connectivity index (χ2v) is 6.24. The number of aryl methyl sites for hydroxylation is 1. The van der Waals surface area contributed by atoms with Crippen molar-refractivity contribution in [1.29, 1.82) is 0 Å². The van der Waals surface area contributed by atoms with E-state index in [0.717, 1.165) is 15.6 Å². The average molecular weight is 333 g/mol. The fourth-order valence-electron chi connectivity index (χ4n) is 2.14. The van der Waals surface area contributed by atoms with Gasteiger partial charge in [-0.25, -0.2) is 4.79 Å². The van der Waals surface area contributed by atoms with Crippen LogP contribution in [0.15, 0.2) is 42.5 Å². The van der Waals surface area contributed by atoms with Crippen LogP contribution in [0, 0.1) is 6.92 Å². The van der Waals surface area contributed by atoms with Crippen LogP contribution >= 0.6 is 22.9 Å². The van der Waals surface area contributed by atoms with Crippen molar-refractivity contribution in [2.24, 2.45) is 0 Å². The minimum atomic E-state index is -0.448. The predicted octanol–water partition coefficient (Wildman–Crippen LogP) is 5.09. The number of carbonyl (C=O) groups excluding carboxylic acids is 1. The van der Waals surface area contributed by atoms with E-state index in [0.29, 0.717) is 21.4 Å². The zero-order valence-corrected chi connectivity index (χ0v) is 13.6. The minimum Gasteiger partial charge on any atom is -0.497 e. The zero-order chi connectivity index (χ0) is 15.7. The van der Waals surface area contributed by atoms with E-state index in [-0.39, 0.29) is 0 Å². The Bertz CT molecular complexity index is 854. The Kier molecular flexibility index (Phi) is 4.05. The molecular formula is C17H13ClO3S. The number of carbonyl (C=O) groups is 1. The summed E-state index contributed by atoms with van der Waals surface area (Å²) in [6.07, 6.45) is 0. The van der Waals surface area contributed by atoms with Crippen LogP contribution in [0.25, 0.3) is 10.1 Å². The molecule has 0 N–H and O–H groups in total. The van der Waals surface area contributed by atoms with E-state index >= 15 is 0 Å². The third-order valence-electron chi connectivity index (χ3n) is 3.22. The van der Waals surface area contributed by atoms with Crippen LogP contribution in [-0.2, 0) is 0 Å². The molecular weight excluding hydrogens is 320 g/mol. The highest BCUT2D eigenvalue weighted by molar-refractivity contribution is 7.21. The summed E-state index contributed by atoms with van der Waals surface area (Å²) in [4.78, 5) is 12.7. The van der Waals surface area contributed by atoms with E-state index in [2.05, 4.69) is 0 Å². The highest BCUT2D eigenvalue weighted by atomic mass is 35.5. The number of halogens is 1. The summed E-state index contributed by atoms with van der Waals surface area (Å²) >= 11 is 7.65. The van der Waals surface area contributed by atoms with Gasteiger partial charge < -0.3 is 9.47 Å². The first kappa shape index (κ1) is 14.9. The highest BCUT2D eigenvalue weighted by Crippen LogP contribution is 2.37. The molecule has 112 valence electrons. The number of hydrogen-bond acceptors (Lipinski definition) is 4. The third-order valence-corrected chi connectivity index (χ3v) is 4.88. The van der Waals surface area contributed by atoms with Gasteiger partial charge in [0.15, 0.2) is 0 Å². The summed E-state index contributed by atoms with van der Waals surface area (Å²) in [7, 11) is 1.59. The first-order chi connectivity index (χ1) is 10.6. The van der Waals surface area contributed by atoms with Crippen LogP contribution in [0.5, 0.6) is 11.5 Å². The molecule has 0 saturated carbocycles. The van der Waals surface area contributed by atoms with Gasteiger partial charge in [0.1, 0.15) is 16.4 Å². The van der Waals surface area contributed by atoms with Crippen LogP contribution in [-0.4, -0.2) is 13.1 Å². The van der Waals surface area contributed by atoms with E-state index in [1.807, 2.05) is 43.3 Å². The number of rotatable bonds is 3. The molecule has 0 radical (unpaired) electrons. The Balaban J connectivity index is 1.95. The topological polar surface area (TPSA) is 35.5 Å². The van der Waals surface area contributed by atoms with E-state index in [4.69, 9.17) is 21.1 Å². The third kappa shape index (κ3) is 2.80. The van der Waals surface area contributed by atoms with Crippen LogP contribution in [0.2, 0.25) is 5.02 Å². The van der Waals surface area contributed by atoms with E-state index in [9.17, 15) is 4.79 Å². The molecule has 3 aromatic rings. The number of esters is 1.